The van der Waals surface area contributed by atoms with E-state index in [0.717, 1.165) is 5.75 Å². The smallest absolute Gasteiger partial charge is 0.324 e. The largest absolute Gasteiger partial charge is 0.325 e. The lowest BCUT2D eigenvalue weighted by molar-refractivity contribution is 0.372. The van der Waals surface area contributed by atoms with E-state index in [1.165, 1.54) is 0 Å². The Labute approximate surface area is 59.0 Å². The van der Waals surface area contributed by atoms with Gasteiger partial charge in [0.25, 0.3) is 0 Å². The first-order valence-electron chi connectivity index (χ1n) is 2.60. The van der Waals surface area contributed by atoms with Crippen LogP contribution in [0, 0.1) is 0 Å². The molecule has 0 aliphatic carbocycles. The number of hydrogen-bond acceptors (Lipinski definition) is 2. The van der Waals surface area contributed by atoms with E-state index in [1.54, 1.807) is 11.8 Å². The van der Waals surface area contributed by atoms with E-state index in [0.29, 0.717) is 6.42 Å². The lowest BCUT2D eigenvalue weighted by Crippen LogP contribution is -1.88. The summed E-state index contributed by atoms with van der Waals surface area (Å²) < 4.78 is 10.2. The molecule has 0 heterocycles. The Hall–Kier alpha value is 0.500. The summed E-state index contributed by atoms with van der Waals surface area (Å²) in [6, 6.07) is 0. The van der Waals surface area contributed by atoms with Crippen LogP contribution in [0.4, 0.5) is 0 Å². The molecule has 0 unspecified atom stereocenters. The van der Waals surface area contributed by atoms with Crippen LogP contribution >= 0.6 is 19.4 Å². The Bertz CT molecular complexity index is 110. The lowest BCUT2D eigenvalue weighted by atomic mass is 10.6. The minimum atomic E-state index is -3.71. The predicted octanol–water partition coefficient (Wildman–Crippen LogP) is 0.917. The van der Waals surface area contributed by atoms with Crippen molar-refractivity contribution < 1.29 is 14.4 Å². The summed E-state index contributed by atoms with van der Waals surface area (Å²) in [5.41, 5.74) is 0. The van der Waals surface area contributed by atoms with Gasteiger partial charge in [0.2, 0.25) is 0 Å². The van der Waals surface area contributed by atoms with Crippen LogP contribution in [0.15, 0.2) is 0 Å². The summed E-state index contributed by atoms with van der Waals surface area (Å²) >= 11 is 1.60. The molecule has 2 N–H and O–H groups in total. The maximum atomic E-state index is 10.2. The van der Waals surface area contributed by atoms with Gasteiger partial charge in [0, 0.05) is 0 Å². The van der Waals surface area contributed by atoms with Gasteiger partial charge in [-0.1, -0.05) is 0 Å². The van der Waals surface area contributed by atoms with E-state index in [-0.39, 0.29) is 6.16 Å². The molecule has 0 aromatic heterocycles. The molecule has 0 rings (SSSR count). The van der Waals surface area contributed by atoms with Crippen molar-refractivity contribution in [3.05, 3.63) is 0 Å². The second-order valence-corrected chi connectivity index (χ2v) is 4.50. The first-order valence-corrected chi connectivity index (χ1v) is 5.79. The molecular formula is C4H11O3PS. The fraction of sp³-hybridized carbons (Fsp3) is 1.00. The Balaban J connectivity index is 3.18. The van der Waals surface area contributed by atoms with E-state index in [9.17, 15) is 4.57 Å². The molecule has 0 aromatic carbocycles. The minimum absolute atomic E-state index is 0.0217. The van der Waals surface area contributed by atoms with Crippen molar-refractivity contribution in [2.75, 3.05) is 18.2 Å². The molecule has 0 saturated heterocycles. The highest BCUT2D eigenvalue weighted by Crippen LogP contribution is 2.34. The molecule has 0 atom stereocenters. The quantitative estimate of drug-likeness (QED) is 0.486. The highest BCUT2D eigenvalue weighted by Gasteiger charge is 2.10. The molecule has 0 aliphatic heterocycles. The molecule has 0 fully saturated rings. The molecule has 3 nitrogen and oxygen atoms in total. The van der Waals surface area contributed by atoms with Crippen molar-refractivity contribution in [1.82, 2.24) is 0 Å². The molecule has 9 heavy (non-hydrogen) atoms. The molecule has 0 bridgehead atoms. The Morgan fingerprint density at radius 3 is 2.44 bits per heavy atom. The number of hydrogen-bond donors (Lipinski definition) is 2. The highest BCUT2D eigenvalue weighted by atomic mass is 32.2. The maximum Gasteiger partial charge on any atom is 0.325 e. The van der Waals surface area contributed by atoms with Gasteiger partial charge in [-0.25, -0.2) is 0 Å². The van der Waals surface area contributed by atoms with Crippen LogP contribution in [-0.2, 0) is 4.57 Å². The molecule has 5 heteroatoms. The van der Waals surface area contributed by atoms with E-state index >= 15 is 0 Å². The van der Waals surface area contributed by atoms with Crippen LogP contribution in [0.25, 0.3) is 0 Å². The zero-order valence-corrected chi connectivity index (χ0v) is 6.99. The van der Waals surface area contributed by atoms with Crippen LogP contribution in [0.3, 0.4) is 0 Å². The zero-order chi connectivity index (χ0) is 7.33. The molecule has 0 saturated carbocycles. The van der Waals surface area contributed by atoms with Gasteiger partial charge in [0.15, 0.2) is 0 Å². The van der Waals surface area contributed by atoms with Gasteiger partial charge >= 0.3 is 7.60 Å². The van der Waals surface area contributed by atoms with Crippen molar-refractivity contribution in [2.45, 2.75) is 6.42 Å². The van der Waals surface area contributed by atoms with Crippen LogP contribution < -0.4 is 0 Å². The van der Waals surface area contributed by atoms with Crippen LogP contribution in [0.5, 0.6) is 0 Å². The summed E-state index contributed by atoms with van der Waals surface area (Å²) in [5.74, 6) is 0.825. The van der Waals surface area contributed by atoms with Gasteiger partial charge in [-0.3, -0.25) is 4.57 Å². The second-order valence-electron chi connectivity index (χ2n) is 1.73. The first kappa shape index (κ1) is 9.50. The van der Waals surface area contributed by atoms with Gasteiger partial charge in [-0.05, 0) is 18.4 Å². The molecule has 0 aromatic rings. The van der Waals surface area contributed by atoms with Gasteiger partial charge in [-0.15, -0.1) is 0 Å². The SMILES string of the molecule is CSCCCP(=O)(O)O. The van der Waals surface area contributed by atoms with Crippen molar-refractivity contribution in [1.29, 1.82) is 0 Å². The van der Waals surface area contributed by atoms with Gasteiger partial charge in [-0.2, -0.15) is 11.8 Å². The van der Waals surface area contributed by atoms with Crippen molar-refractivity contribution in [3.63, 3.8) is 0 Å². The molecule has 0 aliphatic rings. The van der Waals surface area contributed by atoms with E-state index in [1.807, 2.05) is 6.26 Å². The summed E-state index contributed by atoms with van der Waals surface area (Å²) in [7, 11) is -3.71. The second kappa shape index (κ2) is 4.34. The molecular weight excluding hydrogens is 159 g/mol. The average Bonchev–Trinajstić information content (AvgIpc) is 1.63. The topological polar surface area (TPSA) is 57.5 Å². The third-order valence-corrected chi connectivity index (χ3v) is 2.39. The molecule has 0 radical (unpaired) electrons. The number of rotatable bonds is 4. The first-order chi connectivity index (χ1) is 4.06. The van der Waals surface area contributed by atoms with Crippen molar-refractivity contribution >= 4 is 19.4 Å². The summed E-state index contributed by atoms with van der Waals surface area (Å²) in [6.45, 7) is 0. The summed E-state index contributed by atoms with van der Waals surface area (Å²) in [5, 5.41) is 0. The average molecular weight is 170 g/mol. The third-order valence-electron chi connectivity index (χ3n) is 0.798. The van der Waals surface area contributed by atoms with Crippen LogP contribution in [-0.4, -0.2) is 28.0 Å². The van der Waals surface area contributed by atoms with Crippen molar-refractivity contribution in [3.8, 4) is 0 Å². The predicted molar refractivity (Wildman–Crippen MR) is 39.9 cm³/mol. The number of thioether (sulfide) groups is 1. The normalized spacial score (nSPS) is 11.9. The van der Waals surface area contributed by atoms with Gasteiger partial charge in [0.1, 0.15) is 0 Å². The van der Waals surface area contributed by atoms with E-state index < -0.39 is 7.60 Å². The minimum Gasteiger partial charge on any atom is -0.324 e. The highest BCUT2D eigenvalue weighted by molar-refractivity contribution is 7.98. The third kappa shape index (κ3) is 8.50. The molecule has 0 amide bonds. The lowest BCUT2D eigenvalue weighted by Gasteiger charge is -2.00. The fourth-order valence-electron chi connectivity index (χ4n) is 0.415. The Kier molecular flexibility index (Phi) is 4.58. The van der Waals surface area contributed by atoms with E-state index in [2.05, 4.69) is 0 Å². The van der Waals surface area contributed by atoms with Crippen LogP contribution in [0.2, 0.25) is 0 Å². The van der Waals surface area contributed by atoms with Gasteiger partial charge < -0.3 is 9.79 Å². The van der Waals surface area contributed by atoms with E-state index in [4.69, 9.17) is 9.79 Å². The Morgan fingerprint density at radius 2 is 2.11 bits per heavy atom. The van der Waals surface area contributed by atoms with Crippen LogP contribution in [0.1, 0.15) is 6.42 Å². The monoisotopic (exact) mass is 170 g/mol. The maximum absolute atomic E-state index is 10.2. The standard InChI is InChI=1S/C4H11O3PS/c1-9-4-2-3-8(5,6)7/h2-4H2,1H3,(H2,5,6,7). The fourth-order valence-corrected chi connectivity index (χ4v) is 1.63. The molecule has 56 valence electrons. The summed E-state index contributed by atoms with van der Waals surface area (Å²) in [6.07, 6.45) is 2.54. The van der Waals surface area contributed by atoms with Gasteiger partial charge in [0.05, 0.1) is 6.16 Å². The molecule has 0 spiro atoms. The Morgan fingerprint density at radius 1 is 1.56 bits per heavy atom. The zero-order valence-electron chi connectivity index (χ0n) is 5.28. The van der Waals surface area contributed by atoms with Crippen molar-refractivity contribution in [2.24, 2.45) is 0 Å². The summed E-state index contributed by atoms with van der Waals surface area (Å²) in [4.78, 5) is 16.7.